The van der Waals surface area contributed by atoms with Crippen LogP contribution in [0.3, 0.4) is 0 Å². The summed E-state index contributed by atoms with van der Waals surface area (Å²) in [5.74, 6) is -1.96. The van der Waals surface area contributed by atoms with Crippen LogP contribution in [-0.2, 0) is 9.59 Å². The Morgan fingerprint density at radius 1 is 0.735 bits per heavy atom. The zero-order valence-electron chi connectivity index (χ0n) is 19.2. The molecule has 1 unspecified atom stereocenters. The SMILES string of the molecule is Cc1ccc(C2C(c3ccccc3)=NN(c3ccccc3)C23C(=O)N(C)C(=O)N(C)C3=O)cc1. The van der Waals surface area contributed by atoms with Crippen LogP contribution in [0.4, 0.5) is 10.5 Å². The highest BCUT2D eigenvalue weighted by atomic mass is 16.2. The highest BCUT2D eigenvalue weighted by Crippen LogP contribution is 2.48. The molecular formula is C27H24N4O3. The van der Waals surface area contributed by atoms with Gasteiger partial charge in [-0.15, -0.1) is 0 Å². The number of anilines is 1. The van der Waals surface area contributed by atoms with E-state index in [1.54, 1.807) is 0 Å². The van der Waals surface area contributed by atoms with E-state index in [1.807, 2.05) is 91.9 Å². The fraction of sp³-hybridized carbons (Fsp3) is 0.185. The molecule has 1 fully saturated rings. The summed E-state index contributed by atoms with van der Waals surface area (Å²) in [6.45, 7) is 1.98. The first kappa shape index (κ1) is 21.6. The minimum Gasteiger partial charge on any atom is -0.271 e. The Labute approximate surface area is 197 Å². The van der Waals surface area contributed by atoms with Crippen molar-refractivity contribution in [1.29, 1.82) is 0 Å². The van der Waals surface area contributed by atoms with Gasteiger partial charge in [0.2, 0.25) is 5.54 Å². The molecule has 0 aromatic heterocycles. The number of aryl methyl sites for hydroxylation is 1. The molecule has 0 radical (unpaired) electrons. The van der Waals surface area contributed by atoms with Crippen LogP contribution in [0.25, 0.3) is 0 Å². The fourth-order valence-corrected chi connectivity index (χ4v) is 4.82. The molecule has 34 heavy (non-hydrogen) atoms. The maximum atomic E-state index is 14.1. The maximum absolute atomic E-state index is 14.1. The standard InChI is InChI=1S/C27H24N4O3/c1-18-14-16-19(17-15-18)22-23(20-10-6-4-7-11-20)28-31(21-12-8-5-9-13-21)27(22)24(32)29(2)26(34)30(3)25(27)33/h4-17,22H,1-3H3. The van der Waals surface area contributed by atoms with E-state index in [2.05, 4.69) is 0 Å². The van der Waals surface area contributed by atoms with Crippen LogP contribution in [0.1, 0.15) is 22.6 Å². The summed E-state index contributed by atoms with van der Waals surface area (Å²) < 4.78 is 0. The molecule has 2 heterocycles. The molecule has 1 saturated heterocycles. The molecule has 1 atom stereocenters. The monoisotopic (exact) mass is 452 g/mol. The first-order valence-corrected chi connectivity index (χ1v) is 11.0. The second-order valence-corrected chi connectivity index (χ2v) is 8.62. The van der Waals surface area contributed by atoms with E-state index in [4.69, 9.17) is 5.10 Å². The average Bonchev–Trinajstić information content (AvgIpc) is 3.24. The summed E-state index contributed by atoms with van der Waals surface area (Å²) in [5, 5.41) is 6.43. The number of rotatable bonds is 3. The lowest BCUT2D eigenvalue weighted by atomic mass is 9.72. The van der Waals surface area contributed by atoms with Gasteiger partial charge in [-0.3, -0.25) is 19.4 Å². The number of hydrazone groups is 1. The van der Waals surface area contributed by atoms with Crippen molar-refractivity contribution in [3.8, 4) is 0 Å². The van der Waals surface area contributed by atoms with E-state index >= 15 is 0 Å². The normalized spacial score (nSPS) is 19.7. The molecule has 170 valence electrons. The number of barbiturate groups is 1. The number of amides is 4. The van der Waals surface area contributed by atoms with Crippen LogP contribution >= 0.6 is 0 Å². The zero-order valence-corrected chi connectivity index (χ0v) is 19.2. The van der Waals surface area contributed by atoms with Crippen LogP contribution in [0.2, 0.25) is 0 Å². The molecule has 4 amide bonds. The van der Waals surface area contributed by atoms with Gasteiger partial charge in [0.1, 0.15) is 0 Å². The first-order chi connectivity index (χ1) is 16.4. The summed E-state index contributed by atoms with van der Waals surface area (Å²) >= 11 is 0. The van der Waals surface area contributed by atoms with Crippen molar-refractivity contribution < 1.29 is 14.4 Å². The number of hydrogen-bond acceptors (Lipinski definition) is 5. The molecule has 7 nitrogen and oxygen atoms in total. The molecule has 2 aliphatic heterocycles. The van der Waals surface area contributed by atoms with Crippen molar-refractivity contribution in [3.05, 3.63) is 102 Å². The van der Waals surface area contributed by atoms with Gasteiger partial charge in [0.25, 0.3) is 11.8 Å². The Kier molecular flexibility index (Phi) is 5.05. The second-order valence-electron chi connectivity index (χ2n) is 8.62. The van der Waals surface area contributed by atoms with Gasteiger partial charge in [-0.05, 0) is 30.2 Å². The van der Waals surface area contributed by atoms with Gasteiger partial charge in [0.05, 0.1) is 17.3 Å². The molecule has 1 spiro atoms. The molecule has 0 N–H and O–H groups in total. The lowest BCUT2D eigenvalue weighted by molar-refractivity contribution is -0.150. The van der Waals surface area contributed by atoms with E-state index in [9.17, 15) is 14.4 Å². The van der Waals surface area contributed by atoms with Crippen molar-refractivity contribution in [3.63, 3.8) is 0 Å². The molecule has 5 rings (SSSR count). The Morgan fingerprint density at radius 3 is 1.82 bits per heavy atom. The molecule has 0 saturated carbocycles. The van der Waals surface area contributed by atoms with E-state index in [1.165, 1.54) is 19.1 Å². The van der Waals surface area contributed by atoms with E-state index in [-0.39, 0.29) is 0 Å². The smallest absolute Gasteiger partial charge is 0.271 e. The molecule has 0 aliphatic carbocycles. The van der Waals surface area contributed by atoms with Crippen LogP contribution in [0.15, 0.2) is 90.0 Å². The molecular weight excluding hydrogens is 428 g/mol. The maximum Gasteiger partial charge on any atom is 0.333 e. The summed E-state index contributed by atoms with van der Waals surface area (Å²) in [6.07, 6.45) is 0. The predicted molar refractivity (Wildman–Crippen MR) is 129 cm³/mol. The number of nitrogens with zero attached hydrogens (tertiary/aromatic N) is 4. The van der Waals surface area contributed by atoms with Gasteiger partial charge >= 0.3 is 6.03 Å². The Bertz CT molecular complexity index is 1280. The average molecular weight is 453 g/mol. The minimum absolute atomic E-state index is 0.586. The van der Waals surface area contributed by atoms with Gasteiger partial charge in [-0.2, -0.15) is 5.10 Å². The topological polar surface area (TPSA) is 73.3 Å². The molecule has 2 aliphatic rings. The van der Waals surface area contributed by atoms with Gasteiger partial charge in [0, 0.05) is 14.1 Å². The summed E-state index contributed by atoms with van der Waals surface area (Å²) in [6, 6.07) is 25.7. The number of benzene rings is 3. The number of imide groups is 2. The van der Waals surface area contributed by atoms with Crippen molar-refractivity contribution >= 4 is 29.2 Å². The number of urea groups is 1. The Hall–Kier alpha value is -4.26. The van der Waals surface area contributed by atoms with Crippen LogP contribution in [0.5, 0.6) is 0 Å². The molecule has 3 aromatic rings. The summed E-state index contributed by atoms with van der Waals surface area (Å²) in [4.78, 5) is 42.9. The first-order valence-electron chi connectivity index (χ1n) is 11.0. The minimum atomic E-state index is -1.79. The predicted octanol–water partition coefficient (Wildman–Crippen LogP) is 3.79. The third-order valence-electron chi connectivity index (χ3n) is 6.55. The number of carbonyl (C=O) groups excluding carboxylic acids is 3. The van der Waals surface area contributed by atoms with E-state index in [0.717, 1.165) is 26.5 Å². The van der Waals surface area contributed by atoms with Gasteiger partial charge in [-0.25, -0.2) is 9.80 Å². The van der Waals surface area contributed by atoms with Gasteiger partial charge in [0.15, 0.2) is 0 Å². The molecule has 0 bridgehead atoms. The quantitative estimate of drug-likeness (QED) is 0.567. The lowest BCUT2D eigenvalue weighted by Crippen LogP contribution is -2.73. The van der Waals surface area contributed by atoms with Crippen LogP contribution in [0, 0.1) is 6.92 Å². The number of hydrogen-bond donors (Lipinski definition) is 0. The summed E-state index contributed by atoms with van der Waals surface area (Å²) in [5.41, 5.74) is 2.01. The third kappa shape index (κ3) is 2.97. The number of likely N-dealkylation sites (N-methyl/N-ethyl adjacent to an activating group) is 2. The van der Waals surface area contributed by atoms with Crippen LogP contribution < -0.4 is 5.01 Å². The second kappa shape index (κ2) is 7.95. The Morgan fingerprint density at radius 2 is 1.26 bits per heavy atom. The van der Waals surface area contributed by atoms with E-state index in [0.29, 0.717) is 11.4 Å². The van der Waals surface area contributed by atoms with Gasteiger partial charge in [-0.1, -0.05) is 78.4 Å². The van der Waals surface area contributed by atoms with Gasteiger partial charge < -0.3 is 0 Å². The number of carbonyl (C=O) groups is 3. The number of para-hydroxylation sites is 1. The molecule has 3 aromatic carbocycles. The summed E-state index contributed by atoms with van der Waals surface area (Å²) in [7, 11) is 2.82. The van der Waals surface area contributed by atoms with Crippen molar-refractivity contribution in [2.45, 2.75) is 18.4 Å². The van der Waals surface area contributed by atoms with Crippen molar-refractivity contribution in [1.82, 2.24) is 9.80 Å². The van der Waals surface area contributed by atoms with Crippen molar-refractivity contribution in [2.75, 3.05) is 19.1 Å². The highest BCUT2D eigenvalue weighted by molar-refractivity contribution is 6.30. The lowest BCUT2D eigenvalue weighted by Gasteiger charge is -2.46. The largest absolute Gasteiger partial charge is 0.333 e. The van der Waals surface area contributed by atoms with Crippen LogP contribution in [-0.4, -0.2) is 53.0 Å². The van der Waals surface area contributed by atoms with Crippen molar-refractivity contribution in [2.24, 2.45) is 5.10 Å². The zero-order chi connectivity index (χ0) is 24.0. The Balaban J connectivity index is 1.85. The fourth-order valence-electron chi connectivity index (χ4n) is 4.82. The third-order valence-corrected chi connectivity index (χ3v) is 6.55. The molecule has 7 heteroatoms. The van der Waals surface area contributed by atoms with E-state index < -0.39 is 29.3 Å². The highest BCUT2D eigenvalue weighted by Gasteiger charge is 2.68.